The molecule has 2 aliphatic rings. The van der Waals surface area contributed by atoms with Crippen molar-refractivity contribution in [2.45, 2.75) is 52.4 Å². The summed E-state index contributed by atoms with van der Waals surface area (Å²) in [5.74, 6) is -0.201. The summed E-state index contributed by atoms with van der Waals surface area (Å²) in [7, 11) is -6.89. The van der Waals surface area contributed by atoms with Crippen molar-refractivity contribution in [3.05, 3.63) is 27.8 Å². The minimum Gasteiger partial charge on any atom is -0.340 e. The van der Waals surface area contributed by atoms with E-state index >= 15 is 0 Å². The molecule has 10 heteroatoms. The third-order valence-corrected chi connectivity index (χ3v) is 10.8. The molecule has 0 unspecified atom stereocenters. The van der Waals surface area contributed by atoms with Gasteiger partial charge in [-0.05, 0) is 75.3 Å². The molecule has 2 saturated heterocycles. The average molecular weight is 486 g/mol. The van der Waals surface area contributed by atoms with E-state index in [1.54, 1.807) is 4.90 Å². The molecule has 32 heavy (non-hydrogen) atoms. The van der Waals surface area contributed by atoms with Crippen molar-refractivity contribution in [3.8, 4) is 0 Å². The maximum atomic E-state index is 13.5. The van der Waals surface area contributed by atoms with Gasteiger partial charge in [0.2, 0.25) is 26.0 Å². The molecule has 0 atom stereocenters. The van der Waals surface area contributed by atoms with E-state index in [2.05, 4.69) is 0 Å². The molecule has 0 bridgehead atoms. The molecular weight excluding hydrogens is 450 g/mol. The Bertz CT molecular complexity index is 1080. The minimum absolute atomic E-state index is 0.00425. The normalized spacial score (nSPS) is 20.0. The van der Waals surface area contributed by atoms with Crippen LogP contribution in [0, 0.1) is 40.5 Å². The molecular formula is C22H35N3O5S2. The molecule has 0 aromatic heterocycles. The number of benzene rings is 1. The number of hydrogen-bond acceptors (Lipinski definition) is 5. The van der Waals surface area contributed by atoms with E-state index in [9.17, 15) is 21.6 Å². The summed E-state index contributed by atoms with van der Waals surface area (Å²) in [6.45, 7) is 11.6. The van der Waals surface area contributed by atoms with Crippen molar-refractivity contribution < 1.29 is 21.6 Å². The van der Waals surface area contributed by atoms with E-state index in [-0.39, 0.29) is 24.9 Å². The van der Waals surface area contributed by atoms with Crippen molar-refractivity contribution >= 4 is 26.0 Å². The highest BCUT2D eigenvalue weighted by atomic mass is 32.2. The van der Waals surface area contributed by atoms with Crippen molar-refractivity contribution in [2.75, 3.05) is 45.5 Å². The van der Waals surface area contributed by atoms with Crippen molar-refractivity contribution in [3.63, 3.8) is 0 Å². The van der Waals surface area contributed by atoms with Crippen LogP contribution in [0.25, 0.3) is 0 Å². The Morgan fingerprint density at radius 1 is 0.688 bits per heavy atom. The van der Waals surface area contributed by atoms with E-state index in [1.165, 1.54) is 14.9 Å². The van der Waals surface area contributed by atoms with Crippen LogP contribution in [0.4, 0.5) is 0 Å². The molecule has 3 rings (SSSR count). The van der Waals surface area contributed by atoms with E-state index in [0.29, 0.717) is 43.9 Å². The topological polar surface area (TPSA) is 95.1 Å². The van der Waals surface area contributed by atoms with Crippen molar-refractivity contribution in [2.24, 2.45) is 5.92 Å². The van der Waals surface area contributed by atoms with Crippen LogP contribution in [0.15, 0.2) is 4.90 Å². The Hall–Kier alpha value is -1.49. The maximum Gasteiger partial charge on any atom is 0.243 e. The van der Waals surface area contributed by atoms with Crippen LogP contribution in [-0.4, -0.2) is 81.8 Å². The summed E-state index contributed by atoms with van der Waals surface area (Å²) in [5, 5.41) is 0. The molecule has 180 valence electrons. The van der Waals surface area contributed by atoms with Gasteiger partial charge in [-0.15, -0.1) is 0 Å². The Morgan fingerprint density at radius 3 is 1.56 bits per heavy atom. The molecule has 0 spiro atoms. The molecule has 0 saturated carbocycles. The smallest absolute Gasteiger partial charge is 0.243 e. The molecule has 0 radical (unpaired) electrons. The van der Waals surface area contributed by atoms with Gasteiger partial charge >= 0.3 is 0 Å². The van der Waals surface area contributed by atoms with Crippen LogP contribution in [0.1, 0.15) is 40.7 Å². The standard InChI is InChI=1S/C22H35N3O5S2/c1-15-16(2)18(4)21(19(5)17(15)3)32(29,30)25-13-11-23(12-14-25)22(26)20-7-9-24(10-8-20)31(6,27)28/h20H,7-14H2,1-6H3. The highest BCUT2D eigenvalue weighted by molar-refractivity contribution is 7.89. The van der Waals surface area contributed by atoms with Gasteiger partial charge in [0.05, 0.1) is 11.2 Å². The maximum absolute atomic E-state index is 13.5. The number of sulfonamides is 2. The molecule has 2 heterocycles. The fourth-order valence-electron chi connectivity index (χ4n) is 4.82. The number of rotatable bonds is 4. The summed E-state index contributed by atoms with van der Waals surface area (Å²) in [5.41, 5.74) is 4.71. The number of piperidine rings is 1. The zero-order valence-electron chi connectivity index (χ0n) is 19.9. The minimum atomic E-state index is -3.66. The molecule has 1 aromatic rings. The Balaban J connectivity index is 1.69. The lowest BCUT2D eigenvalue weighted by atomic mass is 9.95. The van der Waals surface area contributed by atoms with Gasteiger partial charge in [-0.3, -0.25) is 4.79 Å². The van der Waals surface area contributed by atoms with Crippen molar-refractivity contribution in [1.29, 1.82) is 0 Å². The van der Waals surface area contributed by atoms with Gasteiger partial charge in [-0.1, -0.05) is 0 Å². The molecule has 0 N–H and O–H groups in total. The lowest BCUT2D eigenvalue weighted by molar-refractivity contribution is -0.137. The van der Waals surface area contributed by atoms with E-state index in [4.69, 9.17) is 0 Å². The molecule has 8 nitrogen and oxygen atoms in total. The van der Waals surface area contributed by atoms with Crippen LogP contribution in [0.5, 0.6) is 0 Å². The first-order chi connectivity index (χ1) is 14.8. The largest absolute Gasteiger partial charge is 0.340 e. The highest BCUT2D eigenvalue weighted by Crippen LogP contribution is 2.32. The summed E-state index contributed by atoms with van der Waals surface area (Å²) < 4.78 is 53.3. The third kappa shape index (κ3) is 4.60. The summed E-state index contributed by atoms with van der Waals surface area (Å²) in [6.07, 6.45) is 2.20. The Morgan fingerprint density at radius 2 is 1.12 bits per heavy atom. The monoisotopic (exact) mass is 485 g/mol. The summed E-state index contributed by atoms with van der Waals surface area (Å²) in [6, 6.07) is 0. The van der Waals surface area contributed by atoms with E-state index in [0.717, 1.165) is 27.8 Å². The number of carbonyl (C=O) groups excluding carboxylic acids is 1. The third-order valence-electron chi connectivity index (χ3n) is 7.35. The van der Waals surface area contributed by atoms with Crippen LogP contribution in [0.3, 0.4) is 0 Å². The van der Waals surface area contributed by atoms with Gasteiger partial charge in [-0.2, -0.15) is 4.31 Å². The van der Waals surface area contributed by atoms with Crippen molar-refractivity contribution in [1.82, 2.24) is 13.5 Å². The second kappa shape index (κ2) is 9.04. The van der Waals surface area contributed by atoms with Gasteiger partial charge in [0.15, 0.2) is 0 Å². The Kier molecular flexibility index (Phi) is 7.10. The first-order valence-electron chi connectivity index (χ1n) is 11.1. The molecule has 1 aromatic carbocycles. The molecule has 1 amide bonds. The SMILES string of the molecule is Cc1c(C)c(C)c(S(=O)(=O)N2CCN(C(=O)C3CCN(S(C)(=O)=O)CC3)CC2)c(C)c1C. The Labute approximate surface area is 192 Å². The highest BCUT2D eigenvalue weighted by Gasteiger charge is 2.36. The zero-order chi connectivity index (χ0) is 24.0. The molecule has 2 aliphatic heterocycles. The van der Waals surface area contributed by atoms with Crippen LogP contribution < -0.4 is 0 Å². The number of hydrogen-bond donors (Lipinski definition) is 0. The van der Waals surface area contributed by atoms with Gasteiger partial charge in [-0.25, -0.2) is 21.1 Å². The number of nitrogens with zero attached hydrogens (tertiary/aromatic N) is 3. The number of carbonyl (C=O) groups is 1. The lowest BCUT2D eigenvalue weighted by Gasteiger charge is -2.38. The molecule has 0 aliphatic carbocycles. The number of amides is 1. The second-order valence-corrected chi connectivity index (χ2v) is 13.0. The first-order valence-corrected chi connectivity index (χ1v) is 14.4. The fourth-order valence-corrected chi connectivity index (χ4v) is 7.68. The predicted molar refractivity (Wildman–Crippen MR) is 125 cm³/mol. The predicted octanol–water partition coefficient (Wildman–Crippen LogP) is 1.73. The van der Waals surface area contributed by atoms with Crippen LogP contribution in [-0.2, 0) is 24.8 Å². The van der Waals surface area contributed by atoms with E-state index < -0.39 is 20.0 Å². The molecule has 2 fully saturated rings. The van der Waals surface area contributed by atoms with Crippen LogP contribution in [0.2, 0.25) is 0 Å². The quantitative estimate of drug-likeness (QED) is 0.647. The first kappa shape index (κ1) is 25.1. The average Bonchev–Trinajstić information content (AvgIpc) is 2.75. The number of piperazine rings is 1. The zero-order valence-corrected chi connectivity index (χ0v) is 21.6. The van der Waals surface area contributed by atoms with Gasteiger partial charge < -0.3 is 4.90 Å². The lowest BCUT2D eigenvalue weighted by Crippen LogP contribution is -2.53. The summed E-state index contributed by atoms with van der Waals surface area (Å²) in [4.78, 5) is 15.1. The second-order valence-electron chi connectivity index (χ2n) is 9.12. The van der Waals surface area contributed by atoms with Crippen LogP contribution >= 0.6 is 0 Å². The van der Waals surface area contributed by atoms with E-state index in [1.807, 2.05) is 34.6 Å². The van der Waals surface area contributed by atoms with Gasteiger partial charge in [0.25, 0.3) is 0 Å². The van der Waals surface area contributed by atoms with Gasteiger partial charge in [0, 0.05) is 45.2 Å². The fraction of sp³-hybridized carbons (Fsp3) is 0.682. The van der Waals surface area contributed by atoms with Gasteiger partial charge in [0.1, 0.15) is 0 Å². The summed E-state index contributed by atoms with van der Waals surface area (Å²) >= 11 is 0.